The maximum Gasteiger partial charge on any atom is 0.166 e. The first-order valence-electron chi connectivity index (χ1n) is 10.1. The average molecular weight is 369 g/mol. The Balaban J connectivity index is 1.70. The van der Waals surface area contributed by atoms with Crippen LogP contribution in [0.5, 0.6) is 11.5 Å². The van der Waals surface area contributed by atoms with E-state index in [2.05, 4.69) is 24.1 Å². The van der Waals surface area contributed by atoms with Crippen molar-refractivity contribution in [2.75, 3.05) is 20.7 Å². The SMILES string of the molecule is COc1ccc2c3c1O[C@H]1[C@@]4(O)C=C[C@@]5(C[C@@H]4[C@@H](C)O)[C@@H](C2)N(C)CC[C@]315. The molecule has 144 valence electrons. The Kier molecular flexibility index (Phi) is 2.86. The van der Waals surface area contributed by atoms with Gasteiger partial charge in [0.1, 0.15) is 11.7 Å². The third kappa shape index (κ3) is 1.50. The molecular weight excluding hydrogens is 342 g/mol. The number of piperidine rings is 1. The van der Waals surface area contributed by atoms with Crippen molar-refractivity contribution in [2.45, 2.75) is 55.5 Å². The van der Waals surface area contributed by atoms with Gasteiger partial charge in [0.25, 0.3) is 0 Å². The van der Waals surface area contributed by atoms with Crippen molar-refractivity contribution >= 4 is 0 Å². The Morgan fingerprint density at radius 2 is 2.15 bits per heavy atom. The van der Waals surface area contributed by atoms with E-state index >= 15 is 0 Å². The fourth-order valence-electron chi connectivity index (χ4n) is 7.51. The van der Waals surface area contributed by atoms with Crippen LogP contribution in [0.4, 0.5) is 0 Å². The highest BCUT2D eigenvalue weighted by Gasteiger charge is 2.78. The van der Waals surface area contributed by atoms with E-state index in [9.17, 15) is 10.2 Å². The summed E-state index contributed by atoms with van der Waals surface area (Å²) in [5, 5.41) is 22.4. The van der Waals surface area contributed by atoms with Gasteiger partial charge in [0, 0.05) is 22.9 Å². The molecule has 1 saturated carbocycles. The van der Waals surface area contributed by atoms with Crippen LogP contribution in [0, 0.1) is 11.3 Å². The number of nitrogens with zero attached hydrogens (tertiary/aromatic N) is 1. The minimum atomic E-state index is -1.16. The van der Waals surface area contributed by atoms with Gasteiger partial charge < -0.3 is 24.6 Å². The zero-order valence-corrected chi connectivity index (χ0v) is 16.1. The molecule has 2 spiro atoms. The summed E-state index contributed by atoms with van der Waals surface area (Å²) in [6.07, 6.45) is 5.99. The maximum absolute atomic E-state index is 11.8. The summed E-state index contributed by atoms with van der Waals surface area (Å²) in [5.74, 6) is 1.35. The summed E-state index contributed by atoms with van der Waals surface area (Å²) < 4.78 is 12.2. The number of aliphatic hydroxyl groups excluding tert-OH is 1. The summed E-state index contributed by atoms with van der Waals surface area (Å²) in [6.45, 7) is 2.79. The Labute approximate surface area is 159 Å². The Morgan fingerprint density at radius 3 is 2.89 bits per heavy atom. The molecular formula is C22H27NO4. The molecule has 0 amide bonds. The van der Waals surface area contributed by atoms with Crippen LogP contribution < -0.4 is 9.47 Å². The number of rotatable bonds is 2. The third-order valence-electron chi connectivity index (χ3n) is 8.59. The van der Waals surface area contributed by atoms with Crippen LogP contribution in [0.15, 0.2) is 24.3 Å². The molecule has 4 bridgehead atoms. The van der Waals surface area contributed by atoms with Crippen molar-refractivity contribution in [1.29, 1.82) is 0 Å². The summed E-state index contributed by atoms with van der Waals surface area (Å²) in [7, 11) is 3.89. The molecule has 1 aromatic carbocycles. The van der Waals surface area contributed by atoms with Crippen molar-refractivity contribution in [3.05, 3.63) is 35.4 Å². The van der Waals surface area contributed by atoms with Crippen LogP contribution in [0.3, 0.4) is 0 Å². The molecule has 2 aliphatic heterocycles. The summed E-state index contributed by atoms with van der Waals surface area (Å²) in [6, 6.07) is 4.54. The molecule has 1 saturated heterocycles. The van der Waals surface area contributed by atoms with Crippen LogP contribution in [0.25, 0.3) is 0 Å². The number of hydrogen-bond acceptors (Lipinski definition) is 5. The number of benzene rings is 1. The van der Waals surface area contributed by atoms with Crippen molar-refractivity contribution in [1.82, 2.24) is 4.90 Å². The van der Waals surface area contributed by atoms with E-state index in [-0.39, 0.29) is 22.9 Å². The topological polar surface area (TPSA) is 62.2 Å². The number of hydrogen-bond donors (Lipinski definition) is 2. The molecule has 7 rings (SSSR count). The molecule has 2 heterocycles. The fraction of sp³-hybridized carbons (Fsp3) is 0.636. The molecule has 5 nitrogen and oxygen atoms in total. The van der Waals surface area contributed by atoms with Gasteiger partial charge in [0.2, 0.25) is 0 Å². The van der Waals surface area contributed by atoms with Crippen LogP contribution in [0.2, 0.25) is 0 Å². The van der Waals surface area contributed by atoms with Crippen molar-refractivity contribution < 1.29 is 19.7 Å². The monoisotopic (exact) mass is 369 g/mol. The highest BCUT2D eigenvalue weighted by atomic mass is 16.5. The van der Waals surface area contributed by atoms with Gasteiger partial charge in [-0.25, -0.2) is 0 Å². The second-order valence-corrected chi connectivity index (χ2v) is 9.36. The molecule has 27 heavy (non-hydrogen) atoms. The van der Waals surface area contributed by atoms with Gasteiger partial charge in [-0.3, -0.25) is 0 Å². The number of ether oxygens (including phenoxy) is 2. The van der Waals surface area contributed by atoms with Crippen LogP contribution in [0.1, 0.15) is 30.9 Å². The first kappa shape index (κ1) is 16.4. The van der Waals surface area contributed by atoms with Crippen LogP contribution >= 0.6 is 0 Å². The summed E-state index contributed by atoms with van der Waals surface area (Å²) >= 11 is 0. The van der Waals surface area contributed by atoms with Gasteiger partial charge in [-0.15, -0.1) is 0 Å². The van der Waals surface area contributed by atoms with E-state index < -0.39 is 11.7 Å². The molecule has 7 atom stereocenters. The predicted octanol–water partition coefficient (Wildman–Crippen LogP) is 1.64. The number of likely N-dealkylation sites (tertiary alicyclic amines) is 1. The molecule has 2 fully saturated rings. The summed E-state index contributed by atoms with van der Waals surface area (Å²) in [5.41, 5.74) is 1.07. The van der Waals surface area contributed by atoms with Gasteiger partial charge in [-0.2, -0.15) is 0 Å². The van der Waals surface area contributed by atoms with Crippen LogP contribution in [-0.4, -0.2) is 59.7 Å². The van der Waals surface area contributed by atoms with Crippen molar-refractivity contribution in [3.63, 3.8) is 0 Å². The predicted molar refractivity (Wildman–Crippen MR) is 100 cm³/mol. The number of aliphatic hydroxyl groups is 2. The smallest absolute Gasteiger partial charge is 0.166 e. The van der Waals surface area contributed by atoms with Gasteiger partial charge in [-0.1, -0.05) is 18.2 Å². The molecule has 0 radical (unpaired) electrons. The number of methoxy groups -OCH3 is 1. The van der Waals surface area contributed by atoms with E-state index in [1.54, 1.807) is 14.0 Å². The Hall–Kier alpha value is -1.56. The van der Waals surface area contributed by atoms with Crippen LogP contribution in [-0.2, 0) is 11.8 Å². The molecule has 1 aromatic rings. The fourth-order valence-corrected chi connectivity index (χ4v) is 7.51. The third-order valence-corrected chi connectivity index (χ3v) is 8.59. The van der Waals surface area contributed by atoms with E-state index in [0.29, 0.717) is 6.04 Å². The first-order chi connectivity index (χ1) is 12.9. The minimum absolute atomic E-state index is 0.124. The lowest BCUT2D eigenvalue weighted by atomic mass is 9.37. The molecule has 2 N–H and O–H groups in total. The second kappa shape index (κ2) is 4.70. The number of likely N-dealkylation sites (N-methyl/N-ethyl adjacent to an activating group) is 1. The average Bonchev–Trinajstić information content (AvgIpc) is 3.02. The second-order valence-electron chi connectivity index (χ2n) is 9.36. The van der Waals surface area contributed by atoms with Crippen molar-refractivity contribution in [2.24, 2.45) is 11.3 Å². The maximum atomic E-state index is 11.8. The van der Waals surface area contributed by atoms with E-state index in [0.717, 1.165) is 37.3 Å². The molecule has 6 aliphatic rings. The molecule has 4 aliphatic carbocycles. The molecule has 0 unspecified atom stereocenters. The Morgan fingerprint density at radius 1 is 1.33 bits per heavy atom. The standard InChI is InChI=1S/C22H27NO4/c1-12(24)14-11-20-6-7-22(14,25)19-21(20)8-9-23(2)16(20)10-13-4-5-15(26-3)18(27-19)17(13)21/h4-7,12,14,16,19,24-25H,8-11H2,1-3H3/t12-,14-,16-,19-,20-,21+,22-/m1/s1. The van der Waals surface area contributed by atoms with Crippen molar-refractivity contribution in [3.8, 4) is 11.5 Å². The minimum Gasteiger partial charge on any atom is -0.493 e. The lowest BCUT2D eigenvalue weighted by Crippen LogP contribution is -2.79. The summed E-state index contributed by atoms with van der Waals surface area (Å²) in [4.78, 5) is 2.48. The van der Waals surface area contributed by atoms with E-state index in [1.807, 2.05) is 12.1 Å². The zero-order chi connectivity index (χ0) is 18.8. The van der Waals surface area contributed by atoms with E-state index in [4.69, 9.17) is 9.47 Å². The van der Waals surface area contributed by atoms with Gasteiger partial charge in [0.15, 0.2) is 11.5 Å². The van der Waals surface area contributed by atoms with Gasteiger partial charge >= 0.3 is 0 Å². The lowest BCUT2D eigenvalue weighted by molar-refractivity contribution is -0.218. The highest BCUT2D eigenvalue weighted by Crippen LogP contribution is 2.74. The first-order valence-corrected chi connectivity index (χ1v) is 10.1. The number of fused-ring (bicyclic) bond motifs is 1. The quantitative estimate of drug-likeness (QED) is 0.776. The zero-order valence-electron chi connectivity index (χ0n) is 16.1. The van der Waals surface area contributed by atoms with Gasteiger partial charge in [0.05, 0.1) is 18.6 Å². The molecule has 0 aromatic heterocycles. The lowest BCUT2D eigenvalue weighted by Gasteiger charge is -2.70. The highest BCUT2D eigenvalue weighted by molar-refractivity contribution is 5.65. The van der Waals surface area contributed by atoms with Gasteiger partial charge in [-0.05, 0) is 51.4 Å². The normalized spacial score (nSPS) is 46.8. The largest absolute Gasteiger partial charge is 0.493 e. The Bertz CT molecular complexity index is 881. The van der Waals surface area contributed by atoms with E-state index in [1.165, 1.54) is 11.1 Å². The molecule has 5 heteroatoms.